The van der Waals surface area contributed by atoms with Crippen molar-refractivity contribution in [1.82, 2.24) is 14.5 Å². The smallest absolute Gasteiger partial charge is 0.307 e. The van der Waals surface area contributed by atoms with Crippen LogP contribution in [0.1, 0.15) is 53.4 Å². The van der Waals surface area contributed by atoms with Gasteiger partial charge in [0.1, 0.15) is 0 Å². The van der Waals surface area contributed by atoms with Crippen LogP contribution in [0.3, 0.4) is 0 Å². The molecule has 0 aliphatic carbocycles. The Hall–Kier alpha value is -2.43. The Morgan fingerprint density at radius 1 is 1.04 bits per heavy atom. The van der Waals surface area contributed by atoms with Gasteiger partial charge in [0.05, 0.1) is 13.6 Å². The molecule has 140 valence electrons. The summed E-state index contributed by atoms with van der Waals surface area (Å²) in [5.74, 6) is 0.525. The lowest BCUT2D eigenvalue weighted by Gasteiger charge is -2.02. The van der Waals surface area contributed by atoms with Crippen LogP contribution in [0.15, 0.2) is 47.6 Å². The molecule has 0 saturated carbocycles. The van der Waals surface area contributed by atoms with Gasteiger partial charge in [0.2, 0.25) is 5.52 Å². The second-order valence-corrected chi connectivity index (χ2v) is 7.27. The lowest BCUT2D eigenvalue weighted by atomic mass is 10.1. The van der Waals surface area contributed by atoms with Gasteiger partial charge in [-0.3, -0.25) is 4.57 Å². The first-order valence-corrected chi connectivity index (χ1v) is 9.28. The lowest BCUT2D eigenvalue weighted by Crippen LogP contribution is -2.26. The van der Waals surface area contributed by atoms with Crippen LogP contribution in [0.2, 0.25) is 0 Å². The van der Waals surface area contributed by atoms with E-state index < -0.39 is 0 Å². The van der Waals surface area contributed by atoms with E-state index in [2.05, 4.69) is 60.5 Å². The maximum Gasteiger partial charge on any atom is 0.307 e. The van der Waals surface area contributed by atoms with Gasteiger partial charge in [-0.15, -0.1) is 0 Å². The Morgan fingerprint density at radius 2 is 1.69 bits per heavy atom. The third-order valence-electron chi connectivity index (χ3n) is 4.52. The number of nitrogens with zero attached hydrogens (tertiary/aromatic N) is 4. The number of nitrogen functional groups attached to an aromatic ring is 1. The summed E-state index contributed by atoms with van der Waals surface area (Å²) in [6.07, 6.45) is 14.9. The molecule has 0 fully saturated rings. The highest BCUT2D eigenvalue weighted by atomic mass is 15.2. The van der Waals surface area contributed by atoms with Crippen molar-refractivity contribution in [3.63, 3.8) is 0 Å². The largest absolute Gasteiger partial charge is 0.380 e. The summed E-state index contributed by atoms with van der Waals surface area (Å²) in [6.45, 7) is 9.51. The third-order valence-corrected chi connectivity index (χ3v) is 4.52. The van der Waals surface area contributed by atoms with Crippen molar-refractivity contribution in [2.75, 3.05) is 5.73 Å². The van der Waals surface area contributed by atoms with E-state index in [1.54, 1.807) is 0 Å². The lowest BCUT2D eigenvalue weighted by molar-refractivity contribution is -0.647. The number of allylic oxidation sites excluding steroid dienone is 6. The Labute approximate surface area is 157 Å². The zero-order chi connectivity index (χ0) is 19.1. The number of nitrogens with two attached hydrogens (primary N) is 1. The van der Waals surface area contributed by atoms with Crippen LogP contribution in [0.4, 0.5) is 5.82 Å². The number of hydrogen-bond donors (Lipinski definition) is 1. The van der Waals surface area contributed by atoms with Crippen molar-refractivity contribution in [3.8, 4) is 0 Å². The SMILES string of the molecule is CC(C)=CCC/C(C)=C\CC/C(C)=C/Cn1c[n+](C)c2ncnc(N)c21. The second-order valence-electron chi connectivity index (χ2n) is 7.27. The van der Waals surface area contributed by atoms with Gasteiger partial charge < -0.3 is 5.73 Å². The van der Waals surface area contributed by atoms with Crippen LogP contribution in [0.5, 0.6) is 0 Å². The van der Waals surface area contributed by atoms with E-state index in [9.17, 15) is 0 Å². The van der Waals surface area contributed by atoms with Gasteiger partial charge in [0, 0.05) is 0 Å². The minimum atomic E-state index is 0.525. The molecular weight excluding hydrogens is 322 g/mol. The molecule has 0 amide bonds. The van der Waals surface area contributed by atoms with E-state index in [-0.39, 0.29) is 0 Å². The van der Waals surface area contributed by atoms with E-state index in [0.29, 0.717) is 5.82 Å². The first kappa shape index (κ1) is 19.9. The van der Waals surface area contributed by atoms with Crippen LogP contribution < -0.4 is 10.3 Å². The standard InChI is InChI=1S/C21H32N5/c1-16(2)8-6-9-17(3)10-7-11-18(4)12-13-26-15-25(5)21-19(26)20(22)23-14-24-21/h8,10,12,14-15H,6-7,9,11,13H2,1-5H3,(H2,22,23,24)/q+1/b17-10-,18-12+. The Bertz CT molecular complexity index is 835. The Balaban J connectivity index is 1.92. The molecule has 5 heteroatoms. The molecule has 0 unspecified atom stereocenters. The molecule has 0 aliphatic heterocycles. The number of rotatable bonds is 8. The van der Waals surface area contributed by atoms with Gasteiger partial charge in [0.25, 0.3) is 0 Å². The van der Waals surface area contributed by atoms with Crippen molar-refractivity contribution >= 4 is 17.0 Å². The summed E-state index contributed by atoms with van der Waals surface area (Å²) in [5.41, 5.74) is 12.0. The number of aromatic nitrogens is 4. The highest BCUT2D eigenvalue weighted by molar-refractivity contribution is 5.79. The minimum Gasteiger partial charge on any atom is -0.380 e. The molecule has 2 rings (SSSR count). The second kappa shape index (κ2) is 9.32. The maximum atomic E-state index is 6.03. The molecule has 0 bridgehead atoms. The third kappa shape index (κ3) is 5.55. The van der Waals surface area contributed by atoms with Crippen molar-refractivity contribution in [1.29, 1.82) is 0 Å². The highest BCUT2D eigenvalue weighted by Crippen LogP contribution is 2.15. The molecule has 2 aromatic rings. The van der Waals surface area contributed by atoms with Gasteiger partial charge in [-0.1, -0.05) is 39.9 Å². The van der Waals surface area contributed by atoms with Gasteiger partial charge in [-0.2, -0.15) is 4.98 Å². The molecule has 2 heterocycles. The first-order valence-electron chi connectivity index (χ1n) is 9.28. The minimum absolute atomic E-state index is 0.525. The van der Waals surface area contributed by atoms with Crippen LogP contribution in [-0.2, 0) is 13.6 Å². The normalized spacial score (nSPS) is 12.7. The highest BCUT2D eigenvalue weighted by Gasteiger charge is 2.16. The van der Waals surface area contributed by atoms with E-state index in [1.165, 1.54) is 23.0 Å². The molecule has 2 aromatic heterocycles. The van der Waals surface area contributed by atoms with Gasteiger partial charge in [0.15, 0.2) is 18.5 Å². The summed E-state index contributed by atoms with van der Waals surface area (Å²) in [5, 5.41) is 0. The Morgan fingerprint density at radius 3 is 2.38 bits per heavy atom. The fourth-order valence-electron chi connectivity index (χ4n) is 2.97. The van der Waals surface area contributed by atoms with Crippen LogP contribution in [0.25, 0.3) is 11.2 Å². The molecule has 0 aliphatic rings. The fourth-order valence-corrected chi connectivity index (χ4v) is 2.97. The molecule has 2 N–H and O–H groups in total. The average Bonchev–Trinajstić information content (AvgIpc) is 2.90. The summed E-state index contributed by atoms with van der Waals surface area (Å²) in [7, 11) is 1.98. The number of aryl methyl sites for hydroxylation is 1. The van der Waals surface area contributed by atoms with Gasteiger partial charge in [-0.05, 0) is 53.4 Å². The van der Waals surface area contributed by atoms with Crippen LogP contribution >= 0.6 is 0 Å². The van der Waals surface area contributed by atoms with Gasteiger partial charge >= 0.3 is 5.65 Å². The topological polar surface area (TPSA) is 60.6 Å². The number of fused-ring (bicyclic) bond motifs is 1. The number of imidazole rings is 1. The molecule has 26 heavy (non-hydrogen) atoms. The quantitative estimate of drug-likeness (QED) is 0.569. The molecule has 0 saturated heterocycles. The summed E-state index contributed by atoms with van der Waals surface area (Å²) in [4.78, 5) is 8.42. The number of hydrogen-bond acceptors (Lipinski definition) is 3. The van der Waals surface area contributed by atoms with E-state index >= 15 is 0 Å². The van der Waals surface area contributed by atoms with Gasteiger partial charge in [-0.25, -0.2) is 4.57 Å². The van der Waals surface area contributed by atoms with E-state index in [1.807, 2.05) is 17.9 Å². The first-order chi connectivity index (χ1) is 12.4. The van der Waals surface area contributed by atoms with E-state index in [4.69, 9.17) is 5.73 Å². The molecule has 0 atom stereocenters. The fraction of sp³-hybridized carbons (Fsp3) is 0.476. The van der Waals surface area contributed by atoms with Crippen molar-refractivity contribution in [2.24, 2.45) is 7.05 Å². The van der Waals surface area contributed by atoms with Crippen molar-refractivity contribution in [3.05, 3.63) is 47.6 Å². The molecule has 0 radical (unpaired) electrons. The summed E-state index contributed by atoms with van der Waals surface area (Å²) >= 11 is 0. The maximum absolute atomic E-state index is 6.03. The van der Waals surface area contributed by atoms with E-state index in [0.717, 1.165) is 43.4 Å². The van der Waals surface area contributed by atoms with Crippen LogP contribution in [-0.4, -0.2) is 14.5 Å². The monoisotopic (exact) mass is 354 g/mol. The average molecular weight is 355 g/mol. The number of anilines is 1. The molecular formula is C21H32N5+. The zero-order valence-corrected chi connectivity index (χ0v) is 16.8. The van der Waals surface area contributed by atoms with Crippen molar-refractivity contribution < 1.29 is 4.57 Å². The summed E-state index contributed by atoms with van der Waals surface area (Å²) in [6, 6.07) is 0. The zero-order valence-electron chi connectivity index (χ0n) is 16.8. The predicted octanol–water partition coefficient (Wildman–Crippen LogP) is 4.26. The molecule has 5 nitrogen and oxygen atoms in total. The molecule has 0 spiro atoms. The van der Waals surface area contributed by atoms with Crippen LogP contribution in [0, 0.1) is 0 Å². The van der Waals surface area contributed by atoms with Crippen molar-refractivity contribution in [2.45, 2.75) is 59.9 Å². The summed E-state index contributed by atoms with van der Waals surface area (Å²) < 4.78 is 4.09. The predicted molar refractivity (Wildman–Crippen MR) is 109 cm³/mol. The molecule has 0 aromatic carbocycles. The Kier molecular flexibility index (Phi) is 7.13.